The number of aromatic nitrogens is 1. The van der Waals surface area contributed by atoms with E-state index in [0.29, 0.717) is 29.2 Å². The van der Waals surface area contributed by atoms with Crippen molar-refractivity contribution in [1.82, 2.24) is 4.40 Å². The SMILES string of the molecule is Cc1c(N2CC[C@H](C(C)N)C2)c(F)cn2c(=O)c(C(=O)O)cc(C3CC3)c12.Cl. The maximum absolute atomic E-state index is 15.0. The largest absolute Gasteiger partial charge is 0.477 e. The third-order valence-corrected chi connectivity index (χ3v) is 5.97. The lowest BCUT2D eigenvalue weighted by Crippen LogP contribution is -2.31. The first-order valence-corrected chi connectivity index (χ1v) is 9.41. The minimum Gasteiger partial charge on any atom is -0.477 e. The monoisotopic (exact) mass is 409 g/mol. The fourth-order valence-corrected chi connectivity index (χ4v) is 4.31. The number of hydrogen-bond donors (Lipinski definition) is 2. The lowest BCUT2D eigenvalue weighted by molar-refractivity contribution is 0.0694. The van der Waals surface area contributed by atoms with Gasteiger partial charge in [-0.3, -0.25) is 9.20 Å². The molecule has 1 aliphatic heterocycles. The standard InChI is InChI=1S/C20H24FN3O3.ClH/c1-10-17-14(12-3-4-12)7-15(20(26)27)19(25)24(17)9-16(21)18(10)23-6-5-13(8-23)11(2)22;/h7,9,11-13H,3-6,8,22H2,1-2H3,(H,26,27);1H/t11?,13-;/m0./s1. The van der Waals surface area contributed by atoms with Gasteiger partial charge in [0.1, 0.15) is 5.56 Å². The average molecular weight is 410 g/mol. The van der Waals surface area contributed by atoms with Gasteiger partial charge in [-0.1, -0.05) is 0 Å². The van der Waals surface area contributed by atoms with Crippen LogP contribution >= 0.6 is 12.4 Å². The minimum atomic E-state index is -1.28. The summed E-state index contributed by atoms with van der Waals surface area (Å²) in [6.45, 7) is 5.19. The van der Waals surface area contributed by atoms with Gasteiger partial charge in [0.05, 0.1) is 17.4 Å². The van der Waals surface area contributed by atoms with E-state index < -0.39 is 17.3 Å². The van der Waals surface area contributed by atoms with E-state index in [1.807, 2.05) is 18.7 Å². The number of nitrogens with zero attached hydrogens (tertiary/aromatic N) is 2. The summed E-state index contributed by atoms with van der Waals surface area (Å²) in [5.41, 5.74) is 7.69. The van der Waals surface area contributed by atoms with Crippen molar-refractivity contribution in [3.63, 3.8) is 0 Å². The third kappa shape index (κ3) is 3.26. The molecule has 0 bridgehead atoms. The number of fused-ring (bicyclic) bond motifs is 1. The lowest BCUT2D eigenvalue weighted by Gasteiger charge is -2.24. The number of carboxylic acids is 1. The molecule has 2 fully saturated rings. The molecular formula is C20H25ClFN3O3. The number of pyridine rings is 2. The molecule has 0 radical (unpaired) electrons. The molecule has 2 atom stereocenters. The van der Waals surface area contributed by atoms with E-state index in [-0.39, 0.29) is 29.9 Å². The van der Waals surface area contributed by atoms with Gasteiger partial charge in [-0.25, -0.2) is 9.18 Å². The molecule has 0 spiro atoms. The van der Waals surface area contributed by atoms with E-state index >= 15 is 4.39 Å². The van der Waals surface area contributed by atoms with Crippen LogP contribution in [0, 0.1) is 18.7 Å². The van der Waals surface area contributed by atoms with Crippen molar-refractivity contribution in [3.05, 3.63) is 45.1 Å². The molecule has 1 saturated heterocycles. The molecule has 3 N–H and O–H groups in total. The molecule has 4 rings (SSSR count). The molecule has 0 amide bonds. The third-order valence-electron chi connectivity index (χ3n) is 5.97. The Kier molecular flexibility index (Phi) is 5.42. The Morgan fingerprint density at radius 1 is 1.36 bits per heavy atom. The molecule has 1 saturated carbocycles. The molecule has 2 aromatic rings. The second kappa shape index (κ2) is 7.37. The second-order valence-corrected chi connectivity index (χ2v) is 7.92. The summed E-state index contributed by atoms with van der Waals surface area (Å²) in [4.78, 5) is 26.1. The van der Waals surface area contributed by atoms with Gasteiger partial charge in [-0.15, -0.1) is 12.4 Å². The fourth-order valence-electron chi connectivity index (χ4n) is 4.31. The highest BCUT2D eigenvalue weighted by molar-refractivity contribution is 5.89. The summed E-state index contributed by atoms with van der Waals surface area (Å²) in [6, 6.07) is 1.53. The van der Waals surface area contributed by atoms with Crippen molar-refractivity contribution >= 4 is 29.6 Å². The molecule has 2 aromatic heterocycles. The smallest absolute Gasteiger partial charge is 0.341 e. The van der Waals surface area contributed by atoms with Gasteiger partial charge in [-0.2, -0.15) is 0 Å². The van der Waals surface area contributed by atoms with Crippen LogP contribution in [0.3, 0.4) is 0 Å². The Labute approximate surface area is 168 Å². The summed E-state index contributed by atoms with van der Waals surface area (Å²) in [7, 11) is 0. The normalized spacial score (nSPS) is 20.3. The quantitative estimate of drug-likeness (QED) is 0.810. The van der Waals surface area contributed by atoms with Crippen LogP contribution in [0.2, 0.25) is 0 Å². The first kappa shape index (κ1) is 20.6. The summed E-state index contributed by atoms with van der Waals surface area (Å²) in [6.07, 6.45) is 3.96. The molecular weight excluding hydrogens is 385 g/mol. The van der Waals surface area contributed by atoms with E-state index in [9.17, 15) is 14.7 Å². The highest BCUT2D eigenvalue weighted by Crippen LogP contribution is 2.44. The lowest BCUT2D eigenvalue weighted by atomic mass is 10.0. The van der Waals surface area contributed by atoms with Crippen LogP contribution in [0.1, 0.15) is 53.6 Å². The maximum atomic E-state index is 15.0. The zero-order valence-electron chi connectivity index (χ0n) is 15.9. The Bertz CT molecular complexity index is 1000. The number of nitrogens with two attached hydrogens (primary N) is 1. The number of anilines is 1. The zero-order valence-corrected chi connectivity index (χ0v) is 16.8. The van der Waals surface area contributed by atoms with Crippen molar-refractivity contribution in [2.24, 2.45) is 11.7 Å². The van der Waals surface area contributed by atoms with Gasteiger partial charge in [0.2, 0.25) is 0 Å². The number of hydrogen-bond acceptors (Lipinski definition) is 4. The minimum absolute atomic E-state index is 0. The zero-order chi connectivity index (χ0) is 19.5. The number of carbonyl (C=O) groups is 1. The topological polar surface area (TPSA) is 88.0 Å². The van der Waals surface area contributed by atoms with Crippen molar-refractivity contribution in [1.29, 1.82) is 0 Å². The first-order valence-electron chi connectivity index (χ1n) is 9.41. The maximum Gasteiger partial charge on any atom is 0.341 e. The van der Waals surface area contributed by atoms with Crippen molar-refractivity contribution in [2.45, 2.75) is 45.1 Å². The van der Waals surface area contributed by atoms with E-state index in [4.69, 9.17) is 5.73 Å². The first-order chi connectivity index (χ1) is 12.8. The number of carboxylic acid groups (broad SMARTS) is 1. The van der Waals surface area contributed by atoms with Crippen LogP contribution in [0.5, 0.6) is 0 Å². The number of halogens is 2. The molecule has 6 nitrogen and oxygen atoms in total. The molecule has 1 unspecified atom stereocenters. The van der Waals surface area contributed by atoms with Gasteiger partial charge >= 0.3 is 5.97 Å². The van der Waals surface area contributed by atoms with Gasteiger partial charge in [0.15, 0.2) is 5.82 Å². The van der Waals surface area contributed by atoms with E-state index in [2.05, 4.69) is 0 Å². The number of aryl methyl sites for hydroxylation is 1. The fraction of sp³-hybridized carbons (Fsp3) is 0.500. The highest BCUT2D eigenvalue weighted by Gasteiger charge is 2.32. The van der Waals surface area contributed by atoms with Crippen LogP contribution in [-0.4, -0.2) is 34.6 Å². The predicted octanol–water partition coefficient (Wildman–Crippen LogP) is 2.92. The summed E-state index contributed by atoms with van der Waals surface area (Å²) < 4.78 is 16.2. The number of rotatable bonds is 4. The van der Waals surface area contributed by atoms with Crippen LogP contribution < -0.4 is 16.2 Å². The molecule has 152 valence electrons. The Hall–Kier alpha value is -2.12. The molecule has 8 heteroatoms. The second-order valence-electron chi connectivity index (χ2n) is 7.92. The van der Waals surface area contributed by atoms with Gasteiger partial charge in [0, 0.05) is 19.1 Å². The Morgan fingerprint density at radius 3 is 2.57 bits per heavy atom. The average Bonchev–Trinajstić information content (AvgIpc) is 3.32. The molecule has 0 aromatic carbocycles. The van der Waals surface area contributed by atoms with Gasteiger partial charge < -0.3 is 15.7 Å². The van der Waals surface area contributed by atoms with E-state index in [1.54, 1.807) is 0 Å². The van der Waals surface area contributed by atoms with E-state index in [0.717, 1.165) is 37.6 Å². The Morgan fingerprint density at radius 2 is 2.04 bits per heavy atom. The summed E-state index contributed by atoms with van der Waals surface area (Å²) in [5, 5.41) is 9.37. The Balaban J connectivity index is 0.00000225. The predicted molar refractivity (Wildman–Crippen MR) is 109 cm³/mol. The summed E-state index contributed by atoms with van der Waals surface area (Å²) >= 11 is 0. The van der Waals surface area contributed by atoms with Gasteiger partial charge in [0.25, 0.3) is 5.56 Å². The van der Waals surface area contributed by atoms with Crippen LogP contribution in [0.25, 0.3) is 5.52 Å². The molecule has 2 aliphatic rings. The van der Waals surface area contributed by atoms with Crippen LogP contribution in [0.15, 0.2) is 17.1 Å². The summed E-state index contributed by atoms with van der Waals surface area (Å²) in [5.74, 6) is -1.25. The molecule has 1 aliphatic carbocycles. The van der Waals surface area contributed by atoms with Crippen LogP contribution in [-0.2, 0) is 0 Å². The van der Waals surface area contributed by atoms with E-state index in [1.165, 1.54) is 10.5 Å². The van der Waals surface area contributed by atoms with Crippen molar-refractivity contribution in [3.8, 4) is 0 Å². The van der Waals surface area contributed by atoms with Gasteiger partial charge in [-0.05, 0) is 62.1 Å². The highest BCUT2D eigenvalue weighted by atomic mass is 35.5. The number of aromatic carboxylic acids is 1. The van der Waals surface area contributed by atoms with Crippen molar-refractivity contribution in [2.75, 3.05) is 18.0 Å². The molecule has 3 heterocycles. The molecule has 28 heavy (non-hydrogen) atoms. The van der Waals surface area contributed by atoms with Crippen molar-refractivity contribution < 1.29 is 14.3 Å². The van der Waals surface area contributed by atoms with Crippen LogP contribution in [0.4, 0.5) is 10.1 Å².